The first-order chi connectivity index (χ1) is 8.06. The van der Waals surface area contributed by atoms with Gasteiger partial charge in [0, 0.05) is 28.3 Å². The van der Waals surface area contributed by atoms with Crippen molar-refractivity contribution in [2.45, 2.75) is 51.8 Å². The van der Waals surface area contributed by atoms with Gasteiger partial charge in [0.25, 0.3) is 0 Å². The van der Waals surface area contributed by atoms with E-state index < -0.39 is 0 Å². The van der Waals surface area contributed by atoms with Gasteiger partial charge in [0.15, 0.2) is 0 Å². The second kappa shape index (κ2) is 7.39. The molecule has 0 aliphatic rings. The summed E-state index contributed by atoms with van der Waals surface area (Å²) in [5.74, 6) is 1.17. The number of rotatable bonds is 7. The molecule has 2 nitrogen and oxygen atoms in total. The van der Waals surface area contributed by atoms with E-state index in [-0.39, 0.29) is 0 Å². The largest absolute Gasteiger partial charge is 0.316 e. The zero-order chi connectivity index (χ0) is 12.8. The second-order valence-corrected chi connectivity index (χ2v) is 7.25. The van der Waals surface area contributed by atoms with Crippen LogP contribution in [0.2, 0.25) is 0 Å². The van der Waals surface area contributed by atoms with Crippen LogP contribution in [0.3, 0.4) is 0 Å². The van der Waals surface area contributed by atoms with Crippen molar-refractivity contribution in [3.63, 3.8) is 0 Å². The second-order valence-electron chi connectivity index (χ2n) is 4.49. The first-order valence-corrected chi connectivity index (χ1v) is 8.15. The first-order valence-electron chi connectivity index (χ1n) is 6.28. The predicted molar refractivity (Wildman–Crippen MR) is 80.4 cm³/mol. The molecule has 0 amide bonds. The summed E-state index contributed by atoms with van der Waals surface area (Å²) in [5.41, 5.74) is 1.19. The number of nitrogens with one attached hydrogen (secondary N) is 1. The van der Waals surface area contributed by atoms with Crippen molar-refractivity contribution in [3.05, 3.63) is 15.6 Å². The molecule has 1 rings (SSSR count). The van der Waals surface area contributed by atoms with Crippen LogP contribution in [-0.4, -0.2) is 29.1 Å². The lowest BCUT2D eigenvalue weighted by Gasteiger charge is -2.16. The molecule has 1 aromatic rings. The number of hydrogen-bond acceptors (Lipinski definition) is 4. The third kappa shape index (κ3) is 4.98. The monoisotopic (exact) mass is 272 g/mol. The maximum atomic E-state index is 4.61. The average molecular weight is 272 g/mol. The Bertz CT molecular complexity index is 317. The van der Waals surface area contributed by atoms with Gasteiger partial charge in [-0.15, -0.1) is 11.3 Å². The van der Waals surface area contributed by atoms with Crippen molar-refractivity contribution >= 4 is 23.1 Å². The van der Waals surface area contributed by atoms with Gasteiger partial charge in [-0.1, -0.05) is 13.8 Å². The Kier molecular flexibility index (Phi) is 6.52. The summed E-state index contributed by atoms with van der Waals surface area (Å²) in [7, 11) is 2.05. The minimum Gasteiger partial charge on any atom is -0.316 e. The number of nitrogens with zero attached hydrogens (tertiary/aromatic N) is 1. The lowest BCUT2D eigenvalue weighted by atomic mass is 10.2. The highest BCUT2D eigenvalue weighted by Gasteiger charge is 2.12. The van der Waals surface area contributed by atoms with Crippen LogP contribution >= 0.6 is 23.1 Å². The van der Waals surface area contributed by atoms with Gasteiger partial charge in [-0.3, -0.25) is 0 Å². The van der Waals surface area contributed by atoms with E-state index in [9.17, 15) is 0 Å². The van der Waals surface area contributed by atoms with Crippen LogP contribution < -0.4 is 5.32 Å². The smallest absolute Gasteiger partial charge is 0.0946 e. The number of aryl methyl sites for hydroxylation is 2. The van der Waals surface area contributed by atoms with Crippen LogP contribution in [0.25, 0.3) is 0 Å². The van der Waals surface area contributed by atoms with E-state index in [4.69, 9.17) is 0 Å². The van der Waals surface area contributed by atoms with Crippen molar-refractivity contribution in [1.29, 1.82) is 0 Å². The summed E-state index contributed by atoms with van der Waals surface area (Å²) in [6.07, 6.45) is 2.30. The number of aromatic nitrogens is 1. The Morgan fingerprint density at radius 3 is 2.59 bits per heavy atom. The summed E-state index contributed by atoms with van der Waals surface area (Å²) in [4.78, 5) is 5.97. The maximum absolute atomic E-state index is 4.61. The van der Waals surface area contributed by atoms with Crippen LogP contribution in [0.4, 0.5) is 0 Å². The topological polar surface area (TPSA) is 24.9 Å². The Morgan fingerprint density at radius 1 is 1.41 bits per heavy atom. The zero-order valence-corrected chi connectivity index (χ0v) is 13.2. The van der Waals surface area contributed by atoms with Gasteiger partial charge in [0.2, 0.25) is 0 Å². The van der Waals surface area contributed by atoms with Crippen LogP contribution in [0.1, 0.15) is 35.8 Å². The van der Waals surface area contributed by atoms with Crippen LogP contribution in [0.15, 0.2) is 0 Å². The van der Waals surface area contributed by atoms with Gasteiger partial charge >= 0.3 is 0 Å². The first kappa shape index (κ1) is 15.0. The normalized spacial score (nSPS) is 14.9. The molecule has 0 saturated heterocycles. The van der Waals surface area contributed by atoms with E-state index in [1.165, 1.54) is 27.8 Å². The minimum atomic E-state index is 0.541. The van der Waals surface area contributed by atoms with Crippen LogP contribution in [0.5, 0.6) is 0 Å². The Balaban J connectivity index is 2.46. The molecule has 0 fully saturated rings. The Morgan fingerprint density at radius 2 is 2.12 bits per heavy atom. The zero-order valence-electron chi connectivity index (χ0n) is 11.5. The summed E-state index contributed by atoms with van der Waals surface area (Å²) in [5, 5.41) is 5.43. The minimum absolute atomic E-state index is 0.541. The number of hydrogen-bond donors (Lipinski definition) is 1. The van der Waals surface area contributed by atoms with Gasteiger partial charge in [-0.2, -0.15) is 11.8 Å². The van der Waals surface area contributed by atoms with Crippen molar-refractivity contribution in [3.8, 4) is 0 Å². The molecule has 1 aromatic heterocycles. The van der Waals surface area contributed by atoms with E-state index in [1.54, 1.807) is 0 Å². The molecular formula is C13H24N2S2. The molecule has 0 saturated carbocycles. The predicted octanol–water partition coefficient (Wildman–Crippen LogP) is 3.42. The lowest BCUT2D eigenvalue weighted by molar-refractivity contribution is 0.613. The quantitative estimate of drug-likeness (QED) is 0.823. The average Bonchev–Trinajstić information content (AvgIpc) is 2.63. The highest BCUT2D eigenvalue weighted by molar-refractivity contribution is 7.99. The van der Waals surface area contributed by atoms with Crippen molar-refractivity contribution in [2.75, 3.05) is 12.8 Å². The summed E-state index contributed by atoms with van der Waals surface area (Å²) in [6, 6.07) is 0.541. The fraction of sp³-hybridized carbons (Fsp3) is 0.769. The fourth-order valence-electron chi connectivity index (χ4n) is 1.48. The molecule has 0 bridgehead atoms. The molecule has 0 aliphatic carbocycles. The Labute approximate surface area is 114 Å². The van der Waals surface area contributed by atoms with E-state index >= 15 is 0 Å². The lowest BCUT2D eigenvalue weighted by Crippen LogP contribution is -2.30. The highest BCUT2D eigenvalue weighted by atomic mass is 32.2. The van der Waals surface area contributed by atoms with Gasteiger partial charge in [-0.05, 0) is 27.3 Å². The molecular weight excluding hydrogens is 248 g/mol. The molecule has 98 valence electrons. The standard InChI is InChI=1S/C13H24N2S2/c1-6-9(2)16-8-12(14-5)7-13-15-10(3)11(4)17-13/h9,12,14H,6-8H2,1-5H3. The summed E-state index contributed by atoms with van der Waals surface area (Å²) in [6.45, 7) is 8.80. The molecule has 0 aliphatic heterocycles. The van der Waals surface area contributed by atoms with E-state index in [0.29, 0.717) is 6.04 Å². The summed E-state index contributed by atoms with van der Waals surface area (Å²) >= 11 is 3.89. The molecule has 0 aromatic carbocycles. The molecule has 0 radical (unpaired) electrons. The third-order valence-electron chi connectivity index (χ3n) is 3.06. The van der Waals surface area contributed by atoms with Gasteiger partial charge in [-0.25, -0.2) is 4.98 Å². The summed E-state index contributed by atoms with van der Waals surface area (Å²) < 4.78 is 0. The SMILES string of the molecule is CCC(C)SCC(Cc1nc(C)c(C)s1)NC. The molecule has 17 heavy (non-hydrogen) atoms. The molecule has 1 heterocycles. The molecule has 0 spiro atoms. The van der Waals surface area contributed by atoms with Gasteiger partial charge in [0.05, 0.1) is 10.7 Å². The van der Waals surface area contributed by atoms with Gasteiger partial charge < -0.3 is 5.32 Å². The number of thioether (sulfide) groups is 1. The molecule has 2 unspecified atom stereocenters. The molecule has 1 N–H and O–H groups in total. The van der Waals surface area contributed by atoms with E-state index in [1.807, 2.05) is 11.3 Å². The van der Waals surface area contributed by atoms with Crippen molar-refractivity contribution in [2.24, 2.45) is 0 Å². The molecule has 4 heteroatoms. The van der Waals surface area contributed by atoms with Crippen molar-refractivity contribution in [1.82, 2.24) is 10.3 Å². The fourth-order valence-corrected chi connectivity index (χ4v) is 3.57. The number of thiazole rings is 1. The highest BCUT2D eigenvalue weighted by Crippen LogP contribution is 2.20. The van der Waals surface area contributed by atoms with E-state index in [0.717, 1.165) is 11.7 Å². The van der Waals surface area contributed by atoms with Crippen LogP contribution in [-0.2, 0) is 6.42 Å². The maximum Gasteiger partial charge on any atom is 0.0946 e. The van der Waals surface area contributed by atoms with Gasteiger partial charge in [0.1, 0.15) is 0 Å². The van der Waals surface area contributed by atoms with Crippen molar-refractivity contribution < 1.29 is 0 Å². The Hall–Kier alpha value is -0.0600. The third-order valence-corrected chi connectivity index (χ3v) is 5.65. The number of likely N-dealkylation sites (N-methyl/N-ethyl adjacent to an activating group) is 1. The van der Waals surface area contributed by atoms with Crippen LogP contribution in [0, 0.1) is 13.8 Å². The molecule has 2 atom stereocenters. The van der Waals surface area contributed by atoms with E-state index in [2.05, 4.69) is 56.8 Å².